The molecule has 0 aromatic heterocycles. The van der Waals surface area contributed by atoms with E-state index in [4.69, 9.17) is 0 Å². The quantitative estimate of drug-likeness (QED) is 0.754. The smallest absolute Gasteiger partial charge is 0.333 e. The number of carbonyl (C=O) groups excluding carboxylic acids is 1. The molecule has 116 valence electrons. The highest BCUT2D eigenvalue weighted by Gasteiger charge is 2.37. The molecule has 0 aliphatic rings. The standard InChI is InChI=1S/C16H24N2O3/c1-5-15(2,3)11-17-14(21)18-16(4,13(19)20)12-9-7-6-8-10-12/h6-10H,5,11H2,1-4H3,(H,19,20)(H2,17,18,21). The zero-order valence-electron chi connectivity index (χ0n) is 13.1. The largest absolute Gasteiger partial charge is 0.479 e. The summed E-state index contributed by atoms with van der Waals surface area (Å²) in [6.45, 7) is 8.10. The van der Waals surface area contributed by atoms with Crippen molar-refractivity contribution < 1.29 is 14.7 Å². The zero-order chi connectivity index (χ0) is 16.1. The Morgan fingerprint density at radius 3 is 2.19 bits per heavy atom. The molecule has 1 atom stereocenters. The molecule has 5 nitrogen and oxygen atoms in total. The summed E-state index contributed by atoms with van der Waals surface area (Å²) in [4.78, 5) is 23.6. The van der Waals surface area contributed by atoms with Gasteiger partial charge in [-0.15, -0.1) is 0 Å². The molecule has 5 heteroatoms. The highest BCUT2D eigenvalue weighted by atomic mass is 16.4. The van der Waals surface area contributed by atoms with Crippen molar-refractivity contribution in [3.8, 4) is 0 Å². The van der Waals surface area contributed by atoms with Crippen LogP contribution in [0.4, 0.5) is 4.79 Å². The van der Waals surface area contributed by atoms with Crippen LogP contribution >= 0.6 is 0 Å². The van der Waals surface area contributed by atoms with Crippen molar-refractivity contribution in [3.63, 3.8) is 0 Å². The molecule has 1 rings (SSSR count). The van der Waals surface area contributed by atoms with Gasteiger partial charge in [-0.2, -0.15) is 0 Å². The third-order valence-corrected chi connectivity index (χ3v) is 3.83. The predicted molar refractivity (Wildman–Crippen MR) is 82.0 cm³/mol. The molecule has 1 aromatic rings. The van der Waals surface area contributed by atoms with Crippen LogP contribution in [0.25, 0.3) is 0 Å². The number of carbonyl (C=O) groups is 2. The van der Waals surface area contributed by atoms with Crippen molar-refractivity contribution in [1.82, 2.24) is 10.6 Å². The lowest BCUT2D eigenvalue weighted by atomic mass is 9.90. The number of amides is 2. The van der Waals surface area contributed by atoms with Crippen molar-refractivity contribution in [2.75, 3.05) is 6.54 Å². The Kier molecular flexibility index (Phi) is 5.35. The summed E-state index contributed by atoms with van der Waals surface area (Å²) in [5, 5.41) is 14.8. The lowest BCUT2D eigenvalue weighted by Crippen LogP contribution is -2.53. The Bertz CT molecular complexity index is 500. The van der Waals surface area contributed by atoms with Crippen LogP contribution in [0.15, 0.2) is 30.3 Å². The number of nitrogens with one attached hydrogen (secondary N) is 2. The van der Waals surface area contributed by atoms with Gasteiger partial charge in [-0.25, -0.2) is 9.59 Å². The minimum absolute atomic E-state index is 0.0241. The molecular formula is C16H24N2O3. The number of carboxylic acids is 1. The monoisotopic (exact) mass is 292 g/mol. The van der Waals surface area contributed by atoms with Gasteiger partial charge in [0.2, 0.25) is 0 Å². The zero-order valence-corrected chi connectivity index (χ0v) is 13.1. The third-order valence-electron chi connectivity index (χ3n) is 3.83. The van der Waals surface area contributed by atoms with E-state index in [1.165, 1.54) is 6.92 Å². The van der Waals surface area contributed by atoms with Crippen molar-refractivity contribution >= 4 is 12.0 Å². The molecule has 0 aliphatic heterocycles. The van der Waals surface area contributed by atoms with E-state index in [0.29, 0.717) is 12.1 Å². The maximum Gasteiger partial charge on any atom is 0.333 e. The first-order chi connectivity index (χ1) is 9.71. The number of aliphatic carboxylic acids is 1. The van der Waals surface area contributed by atoms with Gasteiger partial charge < -0.3 is 15.7 Å². The lowest BCUT2D eigenvalue weighted by molar-refractivity contribution is -0.144. The second-order valence-electron chi connectivity index (χ2n) is 6.12. The Morgan fingerprint density at radius 1 is 1.14 bits per heavy atom. The summed E-state index contributed by atoms with van der Waals surface area (Å²) in [6.07, 6.45) is 0.919. The number of carboxylic acid groups (broad SMARTS) is 1. The fraction of sp³-hybridized carbons (Fsp3) is 0.500. The maximum absolute atomic E-state index is 12.0. The van der Waals surface area contributed by atoms with E-state index in [2.05, 4.69) is 10.6 Å². The van der Waals surface area contributed by atoms with Crippen LogP contribution < -0.4 is 10.6 Å². The number of benzene rings is 1. The number of urea groups is 1. The van der Waals surface area contributed by atoms with Gasteiger partial charge in [-0.05, 0) is 24.3 Å². The fourth-order valence-corrected chi connectivity index (χ4v) is 1.74. The van der Waals surface area contributed by atoms with Crippen molar-refractivity contribution in [3.05, 3.63) is 35.9 Å². The third kappa shape index (κ3) is 4.48. The summed E-state index contributed by atoms with van der Waals surface area (Å²) in [7, 11) is 0. The van der Waals surface area contributed by atoms with Crippen LogP contribution in [0.5, 0.6) is 0 Å². The van der Waals surface area contributed by atoms with Gasteiger partial charge in [-0.3, -0.25) is 0 Å². The van der Waals surface area contributed by atoms with Crippen molar-refractivity contribution in [2.45, 2.75) is 39.7 Å². The number of hydrogen-bond acceptors (Lipinski definition) is 2. The van der Waals surface area contributed by atoms with Gasteiger partial charge in [0.25, 0.3) is 0 Å². The molecule has 0 saturated carbocycles. The second kappa shape index (κ2) is 6.61. The Labute approximate surface area is 125 Å². The first kappa shape index (κ1) is 17.0. The van der Waals surface area contributed by atoms with Gasteiger partial charge in [0.1, 0.15) is 0 Å². The van der Waals surface area contributed by atoms with Crippen LogP contribution in [-0.2, 0) is 10.3 Å². The molecule has 0 bridgehead atoms. The molecule has 1 unspecified atom stereocenters. The van der Waals surface area contributed by atoms with Crippen LogP contribution in [-0.4, -0.2) is 23.7 Å². The van der Waals surface area contributed by atoms with E-state index in [9.17, 15) is 14.7 Å². The van der Waals surface area contributed by atoms with E-state index in [1.54, 1.807) is 30.3 Å². The first-order valence-electron chi connectivity index (χ1n) is 7.06. The average molecular weight is 292 g/mol. The number of hydrogen-bond donors (Lipinski definition) is 3. The predicted octanol–water partition coefficient (Wildman–Crippen LogP) is 2.72. The average Bonchev–Trinajstić information content (AvgIpc) is 2.46. The van der Waals surface area contributed by atoms with Crippen LogP contribution in [0, 0.1) is 5.41 Å². The highest BCUT2D eigenvalue weighted by molar-refractivity contribution is 5.87. The number of rotatable bonds is 6. The Balaban J connectivity index is 2.81. The Hall–Kier alpha value is -2.04. The van der Waals surface area contributed by atoms with Gasteiger partial charge in [0.15, 0.2) is 5.54 Å². The second-order valence-corrected chi connectivity index (χ2v) is 6.12. The summed E-state index contributed by atoms with van der Waals surface area (Å²) in [5.74, 6) is -1.10. The van der Waals surface area contributed by atoms with Crippen LogP contribution in [0.2, 0.25) is 0 Å². The first-order valence-corrected chi connectivity index (χ1v) is 7.06. The van der Waals surface area contributed by atoms with Crippen molar-refractivity contribution in [1.29, 1.82) is 0 Å². The highest BCUT2D eigenvalue weighted by Crippen LogP contribution is 2.21. The topological polar surface area (TPSA) is 78.4 Å². The molecule has 0 spiro atoms. The van der Waals surface area contributed by atoms with Gasteiger partial charge in [0.05, 0.1) is 0 Å². The fourth-order valence-electron chi connectivity index (χ4n) is 1.74. The maximum atomic E-state index is 12.0. The summed E-state index contributed by atoms with van der Waals surface area (Å²) >= 11 is 0. The van der Waals surface area contributed by atoms with Gasteiger partial charge >= 0.3 is 12.0 Å². The van der Waals surface area contributed by atoms with E-state index < -0.39 is 17.5 Å². The molecule has 21 heavy (non-hydrogen) atoms. The van der Waals surface area contributed by atoms with Crippen LogP contribution in [0.3, 0.4) is 0 Å². The Morgan fingerprint density at radius 2 is 1.71 bits per heavy atom. The molecule has 0 fully saturated rings. The summed E-state index contributed by atoms with van der Waals surface area (Å²) in [5.41, 5.74) is -0.951. The van der Waals surface area contributed by atoms with E-state index in [-0.39, 0.29) is 5.41 Å². The molecule has 0 aliphatic carbocycles. The molecular weight excluding hydrogens is 268 g/mol. The van der Waals surface area contributed by atoms with Crippen LogP contribution in [0.1, 0.15) is 39.7 Å². The molecule has 1 aromatic carbocycles. The summed E-state index contributed by atoms with van der Waals surface area (Å²) < 4.78 is 0. The summed E-state index contributed by atoms with van der Waals surface area (Å²) in [6, 6.07) is 8.18. The molecule has 0 heterocycles. The van der Waals surface area contributed by atoms with Gasteiger partial charge in [0, 0.05) is 6.54 Å². The van der Waals surface area contributed by atoms with E-state index in [1.807, 2.05) is 20.8 Å². The van der Waals surface area contributed by atoms with E-state index in [0.717, 1.165) is 6.42 Å². The molecule has 3 N–H and O–H groups in total. The lowest BCUT2D eigenvalue weighted by Gasteiger charge is -2.28. The normalized spacial score (nSPS) is 14.1. The molecule has 0 saturated heterocycles. The van der Waals surface area contributed by atoms with E-state index >= 15 is 0 Å². The van der Waals surface area contributed by atoms with Crippen molar-refractivity contribution in [2.24, 2.45) is 5.41 Å². The van der Waals surface area contributed by atoms with Gasteiger partial charge in [-0.1, -0.05) is 51.1 Å². The minimum Gasteiger partial charge on any atom is -0.479 e. The molecule has 0 radical (unpaired) electrons. The molecule has 2 amide bonds. The minimum atomic E-state index is -1.46. The SMILES string of the molecule is CCC(C)(C)CNC(=O)NC(C)(C(=O)O)c1ccccc1.